The van der Waals surface area contributed by atoms with E-state index in [1.54, 1.807) is 7.11 Å². The highest BCUT2D eigenvalue weighted by Crippen LogP contribution is 2.49. The van der Waals surface area contributed by atoms with Crippen LogP contribution >= 0.6 is 0 Å². The average Bonchev–Trinajstić information content (AvgIpc) is 3.83. The first-order chi connectivity index (χ1) is 21.0. The zero-order chi connectivity index (χ0) is 30.3. The van der Waals surface area contributed by atoms with Gasteiger partial charge in [0, 0.05) is 31.5 Å². The maximum absolute atomic E-state index is 13.5. The second-order valence-electron chi connectivity index (χ2n) is 12.1. The number of hydrogen-bond acceptors (Lipinski definition) is 10. The molecule has 1 aromatic rings. The molecule has 2 bridgehead atoms. The van der Waals surface area contributed by atoms with E-state index >= 15 is 0 Å². The number of carbonyl (C=O) groups excluding carboxylic acids is 1. The fraction of sp³-hybridized carbons (Fsp3) is 0.788. The maximum atomic E-state index is 13.5. The van der Waals surface area contributed by atoms with Gasteiger partial charge in [-0.25, -0.2) is 0 Å². The van der Waals surface area contributed by atoms with E-state index in [9.17, 15) is 4.79 Å². The predicted octanol–water partition coefficient (Wildman–Crippen LogP) is 3.42. The fourth-order valence-electron chi connectivity index (χ4n) is 6.13. The largest absolute Gasteiger partial charge is 0.383 e. The minimum atomic E-state index is 0.0283. The molecule has 2 fully saturated rings. The highest BCUT2D eigenvalue weighted by atomic mass is 16.6. The zero-order valence-corrected chi connectivity index (χ0v) is 26.6. The molecule has 244 valence electrons. The van der Waals surface area contributed by atoms with Crippen LogP contribution in [0, 0.1) is 11.8 Å². The van der Waals surface area contributed by atoms with Gasteiger partial charge in [-0.3, -0.25) is 9.69 Å². The Morgan fingerprint density at radius 3 is 1.88 bits per heavy atom. The molecule has 1 heterocycles. The Morgan fingerprint density at radius 1 is 0.814 bits per heavy atom. The van der Waals surface area contributed by atoms with Gasteiger partial charge in [0.2, 0.25) is 0 Å². The van der Waals surface area contributed by atoms with Gasteiger partial charge < -0.3 is 38.5 Å². The molecule has 0 radical (unpaired) electrons. The quantitative estimate of drug-likeness (QED) is 0.176. The fourth-order valence-corrected chi connectivity index (χ4v) is 6.13. The van der Waals surface area contributed by atoms with Crippen LogP contribution in [0.5, 0.6) is 0 Å². The van der Waals surface area contributed by atoms with Crippen molar-refractivity contribution in [3.63, 3.8) is 0 Å². The van der Waals surface area contributed by atoms with E-state index in [-0.39, 0.29) is 11.5 Å². The summed E-state index contributed by atoms with van der Waals surface area (Å²) in [6.45, 7) is 14.6. The van der Waals surface area contributed by atoms with Gasteiger partial charge >= 0.3 is 0 Å². The van der Waals surface area contributed by atoms with Gasteiger partial charge in [-0.1, -0.05) is 13.8 Å². The van der Waals surface area contributed by atoms with E-state index < -0.39 is 0 Å². The van der Waals surface area contributed by atoms with Crippen LogP contribution in [-0.2, 0) is 38.6 Å². The van der Waals surface area contributed by atoms with Crippen LogP contribution in [0.4, 0.5) is 5.69 Å². The highest BCUT2D eigenvalue weighted by Gasteiger charge is 2.52. The van der Waals surface area contributed by atoms with Crippen LogP contribution in [0.25, 0.3) is 0 Å². The van der Waals surface area contributed by atoms with Crippen molar-refractivity contribution >= 4 is 11.5 Å². The molecule has 1 saturated carbocycles. The molecule has 1 aliphatic heterocycles. The van der Waals surface area contributed by atoms with Crippen molar-refractivity contribution in [2.24, 2.45) is 11.8 Å². The molecule has 1 saturated heterocycles. The molecule has 0 spiro atoms. The number of nitrogens with one attached hydrogen (secondary N) is 1. The summed E-state index contributed by atoms with van der Waals surface area (Å²) >= 11 is 0. The number of fused-ring (bicyclic) bond motifs is 4. The Kier molecular flexibility index (Phi) is 14.6. The molecule has 0 amide bonds. The Balaban J connectivity index is 0.989. The number of anilines is 1. The Bertz CT molecular complexity index is 961. The van der Waals surface area contributed by atoms with E-state index in [1.165, 1.54) is 18.4 Å². The maximum Gasteiger partial charge on any atom is 0.180 e. The third kappa shape index (κ3) is 10.5. The van der Waals surface area contributed by atoms with E-state index in [4.69, 9.17) is 33.2 Å². The van der Waals surface area contributed by atoms with E-state index in [0.29, 0.717) is 104 Å². The summed E-state index contributed by atoms with van der Waals surface area (Å²) in [6.07, 6.45) is 3.75. The molecule has 0 aromatic heterocycles. The number of methoxy groups -OCH3 is 1. The second kappa shape index (κ2) is 18.4. The van der Waals surface area contributed by atoms with Gasteiger partial charge in [0.15, 0.2) is 5.78 Å². The van der Waals surface area contributed by atoms with Gasteiger partial charge in [-0.2, -0.15) is 0 Å². The first-order valence-corrected chi connectivity index (χ1v) is 16.2. The summed E-state index contributed by atoms with van der Waals surface area (Å²) in [7, 11) is 1.65. The van der Waals surface area contributed by atoms with Crippen LogP contribution < -0.4 is 5.32 Å². The number of likely N-dealkylation sites (tertiary alicyclic amines) is 1. The van der Waals surface area contributed by atoms with Crippen molar-refractivity contribution in [1.29, 1.82) is 0 Å². The van der Waals surface area contributed by atoms with Crippen LogP contribution in [0.3, 0.4) is 0 Å². The lowest BCUT2D eigenvalue weighted by Crippen LogP contribution is -2.61. The second-order valence-corrected chi connectivity index (χ2v) is 12.1. The van der Waals surface area contributed by atoms with Crippen molar-refractivity contribution in [1.82, 2.24) is 4.90 Å². The molecule has 1 N–H and O–H groups in total. The Hall–Kier alpha value is -1.63. The Morgan fingerprint density at radius 2 is 1.35 bits per heavy atom. The molecule has 10 nitrogen and oxygen atoms in total. The lowest BCUT2D eigenvalue weighted by Gasteiger charge is -2.53. The number of Topliss-reactive ketones (excluding diaryl/α,β-unsaturated/α-hetero) is 1. The predicted molar refractivity (Wildman–Crippen MR) is 165 cm³/mol. The van der Waals surface area contributed by atoms with Gasteiger partial charge in [0.25, 0.3) is 0 Å². The molecule has 1 aromatic carbocycles. The third-order valence-corrected chi connectivity index (χ3v) is 9.02. The number of hydrogen-bond donors (Lipinski definition) is 1. The van der Waals surface area contributed by atoms with Crippen LogP contribution in [-0.4, -0.2) is 129 Å². The summed E-state index contributed by atoms with van der Waals surface area (Å²) in [4.78, 5) is 16.0. The van der Waals surface area contributed by atoms with Crippen molar-refractivity contribution in [3.05, 3.63) is 29.3 Å². The highest BCUT2D eigenvalue weighted by molar-refractivity contribution is 6.04. The standard InChI is InChI=1S/C33H54N2O8/c1-26-31-32(36)29-7-6-28(24-30(29)33(26,2)8-10-35(31)25-27-4-5-27)34-9-11-38-14-15-40-18-19-42-22-23-43-21-20-41-17-16-39-13-12-37-3/h6-7,24,26-27,31,34H,4-5,8-23,25H2,1-3H3/t26-,31-,33+/m0/s1. The topological polar surface area (TPSA) is 97.0 Å². The van der Waals surface area contributed by atoms with Crippen LogP contribution in [0.15, 0.2) is 18.2 Å². The molecular weight excluding hydrogens is 552 g/mol. The number of piperidine rings is 1. The zero-order valence-electron chi connectivity index (χ0n) is 26.6. The molecule has 4 rings (SSSR count). The number of ether oxygens (including phenoxy) is 7. The normalized spacial score (nSPS) is 23.5. The molecular formula is C33H54N2O8. The van der Waals surface area contributed by atoms with Gasteiger partial charge in [0.1, 0.15) is 0 Å². The van der Waals surface area contributed by atoms with Crippen molar-refractivity contribution < 1.29 is 38.0 Å². The minimum Gasteiger partial charge on any atom is -0.383 e. The van der Waals surface area contributed by atoms with Gasteiger partial charge in [-0.05, 0) is 66.8 Å². The minimum absolute atomic E-state index is 0.0283. The first-order valence-electron chi connectivity index (χ1n) is 16.2. The summed E-state index contributed by atoms with van der Waals surface area (Å²) in [6, 6.07) is 6.32. The van der Waals surface area contributed by atoms with E-state index in [2.05, 4.69) is 30.1 Å². The summed E-state index contributed by atoms with van der Waals surface area (Å²) in [5, 5.41) is 3.48. The molecule has 43 heavy (non-hydrogen) atoms. The molecule has 3 aliphatic rings. The molecule has 0 unspecified atom stereocenters. The molecule has 10 heteroatoms. The number of nitrogens with zero attached hydrogens (tertiary/aromatic N) is 1. The third-order valence-electron chi connectivity index (χ3n) is 9.02. The molecule has 2 aliphatic carbocycles. The lowest BCUT2D eigenvalue weighted by molar-refractivity contribution is -0.0187. The number of rotatable bonds is 24. The van der Waals surface area contributed by atoms with Crippen LogP contribution in [0.1, 0.15) is 49.0 Å². The van der Waals surface area contributed by atoms with Crippen molar-refractivity contribution in [3.8, 4) is 0 Å². The number of benzene rings is 1. The summed E-state index contributed by atoms with van der Waals surface area (Å²) in [5.41, 5.74) is 3.22. The van der Waals surface area contributed by atoms with Gasteiger partial charge in [0.05, 0.1) is 91.9 Å². The van der Waals surface area contributed by atoms with E-state index in [0.717, 1.165) is 36.7 Å². The van der Waals surface area contributed by atoms with Crippen LogP contribution in [0.2, 0.25) is 0 Å². The smallest absolute Gasteiger partial charge is 0.180 e. The lowest BCUT2D eigenvalue weighted by atomic mass is 9.58. The average molecular weight is 607 g/mol. The monoisotopic (exact) mass is 606 g/mol. The van der Waals surface area contributed by atoms with Crippen molar-refractivity contribution in [2.75, 3.05) is 118 Å². The summed E-state index contributed by atoms with van der Waals surface area (Å²) < 4.78 is 37.9. The number of carbonyl (C=O) groups is 1. The SMILES string of the molecule is COCCOCCOCCOCCOCCOCCOCCNc1ccc2c(c1)[C@]1(C)CCN(CC3CC3)[C@H](C2=O)[C@@H]1C. The Labute approximate surface area is 258 Å². The van der Waals surface area contributed by atoms with Gasteiger partial charge in [-0.15, -0.1) is 0 Å². The summed E-state index contributed by atoms with van der Waals surface area (Å²) in [5.74, 6) is 1.44. The number of ketones is 1. The van der Waals surface area contributed by atoms with Crippen molar-refractivity contribution in [2.45, 2.75) is 44.6 Å². The first kappa shape index (κ1) is 34.2. The molecule has 3 atom stereocenters. The van der Waals surface area contributed by atoms with E-state index in [1.807, 2.05) is 12.1 Å².